The van der Waals surface area contributed by atoms with E-state index in [1.54, 1.807) is 17.0 Å². The van der Waals surface area contributed by atoms with Crippen molar-refractivity contribution in [1.82, 2.24) is 4.90 Å². The average molecular weight is 394 g/mol. The minimum Gasteiger partial charge on any atom is -0.343 e. The molecule has 0 saturated carbocycles. The molecule has 0 unspecified atom stereocenters. The molecule has 0 N–H and O–H groups in total. The van der Waals surface area contributed by atoms with Gasteiger partial charge in [-0.3, -0.25) is 9.59 Å². The van der Waals surface area contributed by atoms with Crippen LogP contribution in [0.25, 0.3) is 0 Å². The second-order valence-corrected chi connectivity index (χ2v) is 8.18. The number of amides is 2. The van der Waals surface area contributed by atoms with Crippen LogP contribution in [0.4, 0.5) is 10.1 Å². The van der Waals surface area contributed by atoms with Crippen LogP contribution in [0.5, 0.6) is 0 Å². The van der Waals surface area contributed by atoms with E-state index in [4.69, 9.17) is 0 Å². The first-order chi connectivity index (χ1) is 14.1. The molecule has 2 fully saturated rings. The van der Waals surface area contributed by atoms with Crippen LogP contribution in [0.1, 0.15) is 37.7 Å². The molecule has 2 amide bonds. The van der Waals surface area contributed by atoms with Gasteiger partial charge in [0.05, 0.1) is 5.41 Å². The number of rotatable bonds is 4. The summed E-state index contributed by atoms with van der Waals surface area (Å²) >= 11 is 0. The van der Waals surface area contributed by atoms with Gasteiger partial charge in [0.15, 0.2) is 0 Å². The quantitative estimate of drug-likeness (QED) is 0.780. The van der Waals surface area contributed by atoms with Gasteiger partial charge in [-0.15, -0.1) is 0 Å². The lowest BCUT2D eigenvalue weighted by atomic mass is 9.71. The second-order valence-electron chi connectivity index (χ2n) is 8.18. The number of carbonyl (C=O) groups is 2. The van der Waals surface area contributed by atoms with E-state index in [2.05, 4.69) is 0 Å². The molecule has 2 aliphatic rings. The zero-order valence-electron chi connectivity index (χ0n) is 16.6. The van der Waals surface area contributed by atoms with Crippen molar-refractivity contribution in [3.63, 3.8) is 0 Å². The van der Waals surface area contributed by atoms with Crippen LogP contribution in [-0.4, -0.2) is 36.3 Å². The topological polar surface area (TPSA) is 40.6 Å². The maximum Gasteiger partial charge on any atom is 0.233 e. The highest BCUT2D eigenvalue weighted by atomic mass is 19.1. The van der Waals surface area contributed by atoms with Gasteiger partial charge in [0.1, 0.15) is 5.82 Å². The van der Waals surface area contributed by atoms with E-state index in [9.17, 15) is 14.0 Å². The fourth-order valence-corrected chi connectivity index (χ4v) is 4.64. The van der Waals surface area contributed by atoms with Crippen LogP contribution in [0.2, 0.25) is 0 Å². The van der Waals surface area contributed by atoms with Crippen molar-refractivity contribution in [2.24, 2.45) is 5.41 Å². The molecule has 152 valence electrons. The molecular formula is C24H27FN2O2. The SMILES string of the molecule is O=C(CCc1ccccc1)N1CCC2(CCCN(c3ccc(F)cc3)C2=O)CC1. The fraction of sp³-hybridized carbons (Fsp3) is 0.417. The lowest BCUT2D eigenvalue weighted by Gasteiger charge is -2.46. The highest BCUT2D eigenvalue weighted by Crippen LogP contribution is 2.42. The van der Waals surface area contributed by atoms with E-state index in [1.165, 1.54) is 17.7 Å². The number of benzene rings is 2. The molecule has 0 aliphatic carbocycles. The summed E-state index contributed by atoms with van der Waals surface area (Å²) in [6, 6.07) is 16.2. The number of piperidine rings is 2. The van der Waals surface area contributed by atoms with E-state index in [-0.39, 0.29) is 23.0 Å². The number of likely N-dealkylation sites (tertiary alicyclic amines) is 1. The lowest BCUT2D eigenvalue weighted by Crippen LogP contribution is -2.54. The number of anilines is 1. The first kappa shape index (κ1) is 19.6. The molecule has 2 aromatic carbocycles. The summed E-state index contributed by atoms with van der Waals surface area (Å²) in [6.45, 7) is 1.94. The Kier molecular flexibility index (Phi) is 5.65. The van der Waals surface area contributed by atoms with Crippen molar-refractivity contribution in [3.8, 4) is 0 Å². The highest BCUT2D eigenvalue weighted by molar-refractivity contribution is 5.98. The first-order valence-electron chi connectivity index (χ1n) is 10.5. The van der Waals surface area contributed by atoms with Crippen molar-refractivity contribution in [2.75, 3.05) is 24.5 Å². The number of hydrogen-bond donors (Lipinski definition) is 0. The van der Waals surface area contributed by atoms with E-state index < -0.39 is 0 Å². The van der Waals surface area contributed by atoms with Gasteiger partial charge in [0, 0.05) is 31.7 Å². The largest absolute Gasteiger partial charge is 0.343 e. The van der Waals surface area contributed by atoms with Gasteiger partial charge in [-0.05, 0) is 61.9 Å². The van der Waals surface area contributed by atoms with Gasteiger partial charge in [-0.2, -0.15) is 0 Å². The van der Waals surface area contributed by atoms with Crippen LogP contribution in [0.3, 0.4) is 0 Å². The number of aryl methyl sites for hydroxylation is 1. The summed E-state index contributed by atoms with van der Waals surface area (Å²) in [5.41, 5.74) is 1.55. The third-order valence-corrected chi connectivity index (χ3v) is 6.42. The Morgan fingerprint density at radius 1 is 0.931 bits per heavy atom. The van der Waals surface area contributed by atoms with Crippen molar-refractivity contribution in [3.05, 3.63) is 66.0 Å². The summed E-state index contributed by atoms with van der Waals surface area (Å²) in [6.07, 6.45) is 4.48. The minimum atomic E-state index is -0.386. The molecule has 0 bridgehead atoms. The Hall–Kier alpha value is -2.69. The summed E-state index contributed by atoms with van der Waals surface area (Å²) in [5.74, 6) is 0.00402. The molecule has 2 aromatic rings. The molecule has 5 heteroatoms. The van der Waals surface area contributed by atoms with Gasteiger partial charge in [-0.1, -0.05) is 30.3 Å². The van der Waals surface area contributed by atoms with Gasteiger partial charge in [0.2, 0.25) is 11.8 Å². The summed E-state index contributed by atoms with van der Waals surface area (Å²) < 4.78 is 13.2. The van der Waals surface area contributed by atoms with Crippen LogP contribution < -0.4 is 4.90 Å². The zero-order chi connectivity index (χ0) is 20.3. The van der Waals surface area contributed by atoms with Crippen molar-refractivity contribution < 1.29 is 14.0 Å². The molecular weight excluding hydrogens is 367 g/mol. The number of carbonyl (C=O) groups excluding carboxylic acids is 2. The van der Waals surface area contributed by atoms with Crippen molar-refractivity contribution >= 4 is 17.5 Å². The van der Waals surface area contributed by atoms with Crippen LogP contribution >= 0.6 is 0 Å². The average Bonchev–Trinajstić information content (AvgIpc) is 2.76. The Labute approximate surface area is 171 Å². The minimum absolute atomic E-state index is 0.131. The molecule has 1 spiro atoms. The Bertz CT molecular complexity index is 858. The van der Waals surface area contributed by atoms with Gasteiger partial charge >= 0.3 is 0 Å². The highest BCUT2D eigenvalue weighted by Gasteiger charge is 2.46. The summed E-state index contributed by atoms with van der Waals surface area (Å²) in [5, 5.41) is 0. The molecule has 2 heterocycles. The maximum atomic E-state index is 13.3. The molecule has 29 heavy (non-hydrogen) atoms. The van der Waals surface area contributed by atoms with Gasteiger partial charge in [-0.25, -0.2) is 4.39 Å². The second kappa shape index (κ2) is 8.36. The molecule has 0 atom stereocenters. The smallest absolute Gasteiger partial charge is 0.233 e. The van der Waals surface area contributed by atoms with Gasteiger partial charge < -0.3 is 9.80 Å². The Morgan fingerprint density at radius 2 is 1.62 bits per heavy atom. The zero-order valence-corrected chi connectivity index (χ0v) is 16.6. The lowest BCUT2D eigenvalue weighted by molar-refractivity contribution is -0.140. The Balaban J connectivity index is 1.36. The number of hydrogen-bond acceptors (Lipinski definition) is 2. The normalized spacial score (nSPS) is 18.9. The van der Waals surface area contributed by atoms with E-state index in [1.807, 2.05) is 35.2 Å². The summed E-state index contributed by atoms with van der Waals surface area (Å²) in [4.78, 5) is 29.7. The predicted molar refractivity (Wildman–Crippen MR) is 111 cm³/mol. The molecule has 4 nitrogen and oxygen atoms in total. The molecule has 0 aromatic heterocycles. The molecule has 0 radical (unpaired) electrons. The Morgan fingerprint density at radius 3 is 2.31 bits per heavy atom. The van der Waals surface area contributed by atoms with Gasteiger partial charge in [0.25, 0.3) is 0 Å². The molecule has 2 saturated heterocycles. The third-order valence-electron chi connectivity index (χ3n) is 6.42. The fourth-order valence-electron chi connectivity index (χ4n) is 4.64. The summed E-state index contributed by atoms with van der Waals surface area (Å²) in [7, 11) is 0. The number of nitrogens with zero attached hydrogens (tertiary/aromatic N) is 2. The standard InChI is InChI=1S/C24H27FN2O2/c25-20-8-10-21(11-9-20)27-16-4-13-24(23(27)29)14-17-26(18-15-24)22(28)12-7-19-5-2-1-3-6-19/h1-3,5-6,8-11H,4,7,12-18H2. The van der Waals surface area contributed by atoms with Crippen LogP contribution in [0, 0.1) is 11.2 Å². The third kappa shape index (κ3) is 4.19. The maximum absolute atomic E-state index is 13.3. The van der Waals surface area contributed by atoms with Crippen molar-refractivity contribution in [1.29, 1.82) is 0 Å². The first-order valence-corrected chi connectivity index (χ1v) is 10.5. The van der Waals surface area contributed by atoms with E-state index in [0.717, 1.165) is 24.9 Å². The van der Waals surface area contributed by atoms with Crippen LogP contribution in [-0.2, 0) is 16.0 Å². The monoisotopic (exact) mass is 394 g/mol. The number of halogens is 1. The van der Waals surface area contributed by atoms with E-state index >= 15 is 0 Å². The molecule has 2 aliphatic heterocycles. The van der Waals surface area contributed by atoms with E-state index in [0.29, 0.717) is 38.9 Å². The van der Waals surface area contributed by atoms with Crippen molar-refractivity contribution in [2.45, 2.75) is 38.5 Å². The van der Waals surface area contributed by atoms with Crippen LogP contribution in [0.15, 0.2) is 54.6 Å². The molecule has 4 rings (SSSR count). The predicted octanol–water partition coefficient (Wildman–Crippen LogP) is 4.19.